The van der Waals surface area contributed by atoms with E-state index in [-0.39, 0.29) is 40.3 Å². The van der Waals surface area contributed by atoms with E-state index >= 15 is 4.79 Å². The molecule has 1 aromatic rings. The summed E-state index contributed by atoms with van der Waals surface area (Å²) < 4.78 is 5.55. The lowest BCUT2D eigenvalue weighted by Crippen LogP contribution is -2.65. The Morgan fingerprint density at radius 2 is 1.51 bits per heavy atom. The predicted molar refractivity (Wildman–Crippen MR) is 203 cm³/mol. The molecule has 6 aliphatic carbocycles. The summed E-state index contributed by atoms with van der Waals surface area (Å²) in [4.78, 5) is 42.5. The van der Waals surface area contributed by atoms with Gasteiger partial charge in [-0.1, -0.05) is 85.2 Å². The van der Waals surface area contributed by atoms with Crippen molar-refractivity contribution in [3.63, 3.8) is 0 Å². The quantitative estimate of drug-likeness (QED) is 0.310. The molecule has 0 radical (unpaired) electrons. The summed E-state index contributed by atoms with van der Waals surface area (Å²) in [6.45, 7) is 23.1. The average Bonchev–Trinajstić information content (AvgIpc) is 3.77. The summed E-state index contributed by atoms with van der Waals surface area (Å²) in [5, 5.41) is 6.26. The van der Waals surface area contributed by atoms with Crippen LogP contribution < -0.4 is 10.6 Å². The number of fused-ring (bicyclic) bond motifs is 7. The van der Waals surface area contributed by atoms with Gasteiger partial charge in [0.2, 0.25) is 5.91 Å². The van der Waals surface area contributed by atoms with Gasteiger partial charge in [0.25, 0.3) is 0 Å². The van der Waals surface area contributed by atoms with E-state index < -0.39 is 28.7 Å². The molecule has 0 aliphatic heterocycles. The number of ether oxygens (including phenoxy) is 1. The van der Waals surface area contributed by atoms with Gasteiger partial charge in [-0.2, -0.15) is 0 Å². The van der Waals surface area contributed by atoms with Gasteiger partial charge in [-0.05, 0) is 154 Å². The molecule has 6 saturated carbocycles. The molecule has 0 bridgehead atoms. The summed E-state index contributed by atoms with van der Waals surface area (Å²) in [5.74, 6) is 2.29. The van der Waals surface area contributed by atoms with Crippen molar-refractivity contribution in [1.29, 1.82) is 0 Å². The second-order valence-corrected chi connectivity index (χ2v) is 21.1. The summed E-state index contributed by atoms with van der Waals surface area (Å²) >= 11 is 0. The van der Waals surface area contributed by atoms with Gasteiger partial charge in [-0.3, -0.25) is 9.59 Å². The molecule has 6 heteroatoms. The third-order valence-corrected chi connectivity index (χ3v) is 16.9. The number of carbonyl (C=O) groups excluding carboxylic acids is 3. The van der Waals surface area contributed by atoms with Crippen molar-refractivity contribution in [2.75, 3.05) is 0 Å². The van der Waals surface area contributed by atoms with Crippen molar-refractivity contribution in [2.45, 2.75) is 163 Å². The first-order valence-electron chi connectivity index (χ1n) is 20.6. The Morgan fingerprint density at radius 3 is 2.14 bits per heavy atom. The minimum Gasteiger partial charge on any atom is -0.444 e. The number of rotatable bonds is 6. The highest BCUT2D eigenvalue weighted by atomic mass is 16.6. The van der Waals surface area contributed by atoms with Crippen molar-refractivity contribution >= 4 is 17.8 Å². The van der Waals surface area contributed by atoms with Gasteiger partial charge in [-0.15, -0.1) is 0 Å². The molecule has 0 saturated heterocycles. The Hall–Kier alpha value is -2.37. The van der Waals surface area contributed by atoms with E-state index in [0.29, 0.717) is 41.9 Å². The van der Waals surface area contributed by atoms with Gasteiger partial charge in [0.05, 0.1) is 6.04 Å². The molecule has 0 unspecified atom stereocenters. The summed E-state index contributed by atoms with van der Waals surface area (Å²) in [5.41, 5.74) is 0.0641. The van der Waals surface area contributed by atoms with Crippen molar-refractivity contribution in [3.05, 3.63) is 35.9 Å². The molecular formula is C45H68N2O4. The van der Waals surface area contributed by atoms with Crippen LogP contribution in [-0.2, 0) is 20.7 Å². The third kappa shape index (κ3) is 5.55. The van der Waals surface area contributed by atoms with E-state index in [1.807, 2.05) is 20.8 Å². The summed E-state index contributed by atoms with van der Waals surface area (Å²) in [6.07, 6.45) is 12.4. The third-order valence-electron chi connectivity index (χ3n) is 16.9. The van der Waals surface area contributed by atoms with Crippen LogP contribution in [0, 0.1) is 62.6 Å². The Balaban J connectivity index is 1.25. The van der Waals surface area contributed by atoms with E-state index in [2.05, 4.69) is 89.4 Å². The van der Waals surface area contributed by atoms with Crippen LogP contribution in [0.25, 0.3) is 0 Å². The molecule has 1 aromatic carbocycles. The number of alkyl carbamates (subject to hydrolysis) is 1. The standard InChI is InChI=1S/C45H68N2O4/c1-28(2)45(27-29-15-12-11-13-16-29)34-30(35(36(45)48)46-37(49)44(25-26-44)47-38(50)51-39(3,4)5)19-23-42(9)31(34)17-18-33-41(8)22-14-21-40(6,7)32(41)20-24-43(33,42)10/h11-13,15-16,28,30-35H,14,17-27H2,1-10H3,(H,46,49)(H,47,50)/t30-,31-,32-,33-,34+,35-,41-,42-,43-,45-/m0/s1. The minimum absolute atomic E-state index is 0.0867. The second-order valence-electron chi connectivity index (χ2n) is 21.1. The molecule has 0 aromatic heterocycles. The largest absolute Gasteiger partial charge is 0.444 e. The Bertz CT molecular complexity index is 1540. The molecule has 6 aliphatic rings. The highest BCUT2D eigenvalue weighted by Gasteiger charge is 2.73. The van der Waals surface area contributed by atoms with E-state index in [9.17, 15) is 9.59 Å². The Kier molecular flexibility index (Phi) is 8.75. The topological polar surface area (TPSA) is 84.5 Å². The lowest BCUT2D eigenvalue weighted by atomic mass is 9.32. The molecule has 0 spiro atoms. The molecule has 282 valence electrons. The second kappa shape index (κ2) is 12.1. The fourth-order valence-electron chi connectivity index (χ4n) is 14.3. The van der Waals surface area contributed by atoms with Gasteiger partial charge in [-0.25, -0.2) is 4.79 Å². The summed E-state index contributed by atoms with van der Waals surface area (Å²) in [7, 11) is 0. The number of Topliss-reactive ketones (excluding diaryl/α,β-unsaturated/α-hetero) is 1. The monoisotopic (exact) mass is 701 g/mol. The van der Waals surface area contributed by atoms with Crippen LogP contribution in [-0.4, -0.2) is 35.0 Å². The van der Waals surface area contributed by atoms with E-state index in [0.717, 1.165) is 18.8 Å². The van der Waals surface area contributed by atoms with Crippen LogP contribution >= 0.6 is 0 Å². The van der Waals surface area contributed by atoms with Crippen LogP contribution in [0.15, 0.2) is 30.3 Å². The predicted octanol–water partition coefficient (Wildman–Crippen LogP) is 9.69. The number of nitrogens with one attached hydrogen (secondary N) is 2. The van der Waals surface area contributed by atoms with Crippen molar-refractivity contribution in [1.82, 2.24) is 10.6 Å². The number of amides is 2. The van der Waals surface area contributed by atoms with Crippen LogP contribution in [0.5, 0.6) is 0 Å². The molecule has 2 amide bonds. The first kappa shape index (κ1) is 37.0. The SMILES string of the molecule is CC(C)[C@]1(Cc2ccccc2)C(=O)[C@@H](NC(=O)C2(NC(=O)OC(C)(C)C)CC2)[C@H]2CC[C@@]3(C)[C@@H](CC[C@H]4[C@@]5(C)CCCC(C)(C)[C@@H]5CC[C@@]43C)[C@@H]21. The zero-order valence-corrected chi connectivity index (χ0v) is 33.5. The number of hydrogen-bond acceptors (Lipinski definition) is 4. The fourth-order valence-corrected chi connectivity index (χ4v) is 14.3. The summed E-state index contributed by atoms with van der Waals surface area (Å²) in [6, 6.07) is 10.1. The van der Waals surface area contributed by atoms with Crippen molar-refractivity contribution in [2.24, 2.45) is 62.6 Å². The van der Waals surface area contributed by atoms with Crippen LogP contribution in [0.2, 0.25) is 0 Å². The Labute approximate surface area is 308 Å². The maximum Gasteiger partial charge on any atom is 0.408 e. The van der Waals surface area contributed by atoms with E-state index in [4.69, 9.17) is 4.74 Å². The highest BCUT2D eigenvalue weighted by Crippen LogP contribution is 2.77. The van der Waals surface area contributed by atoms with Crippen LogP contribution in [0.1, 0.15) is 145 Å². The molecule has 51 heavy (non-hydrogen) atoms. The van der Waals surface area contributed by atoms with E-state index in [1.165, 1.54) is 50.5 Å². The van der Waals surface area contributed by atoms with Crippen molar-refractivity contribution < 1.29 is 19.1 Å². The van der Waals surface area contributed by atoms with Gasteiger partial charge < -0.3 is 15.4 Å². The number of ketones is 1. The molecular weight excluding hydrogens is 633 g/mol. The number of carbonyl (C=O) groups is 3. The van der Waals surface area contributed by atoms with Crippen molar-refractivity contribution in [3.8, 4) is 0 Å². The number of hydrogen-bond donors (Lipinski definition) is 2. The van der Waals surface area contributed by atoms with Gasteiger partial charge in [0.15, 0.2) is 5.78 Å². The lowest BCUT2D eigenvalue weighted by molar-refractivity contribution is -0.234. The minimum atomic E-state index is -1.00. The normalized spacial score (nSPS) is 42.1. The molecule has 0 heterocycles. The van der Waals surface area contributed by atoms with Crippen LogP contribution in [0.4, 0.5) is 4.79 Å². The molecule has 7 rings (SSSR count). The average molecular weight is 701 g/mol. The zero-order valence-electron chi connectivity index (χ0n) is 33.5. The fraction of sp³-hybridized carbons (Fsp3) is 0.800. The number of benzene rings is 1. The van der Waals surface area contributed by atoms with E-state index in [1.54, 1.807) is 0 Å². The molecule has 10 atom stereocenters. The smallest absolute Gasteiger partial charge is 0.408 e. The molecule has 2 N–H and O–H groups in total. The molecule has 6 fully saturated rings. The maximum absolute atomic E-state index is 15.5. The first-order chi connectivity index (χ1) is 23.7. The van der Waals surface area contributed by atoms with Gasteiger partial charge in [0, 0.05) is 5.41 Å². The van der Waals surface area contributed by atoms with Gasteiger partial charge in [0.1, 0.15) is 11.1 Å². The Morgan fingerprint density at radius 1 is 0.843 bits per heavy atom. The van der Waals surface area contributed by atoms with Crippen LogP contribution in [0.3, 0.4) is 0 Å². The maximum atomic E-state index is 15.5. The van der Waals surface area contributed by atoms with Gasteiger partial charge >= 0.3 is 6.09 Å². The lowest BCUT2D eigenvalue weighted by Gasteiger charge is -2.72. The first-order valence-corrected chi connectivity index (χ1v) is 20.6. The zero-order chi connectivity index (χ0) is 37.0. The molecule has 6 nitrogen and oxygen atoms in total. The highest BCUT2D eigenvalue weighted by molar-refractivity contribution is 6.00.